The number of amides is 2. The number of piperidine rings is 1. The number of fused-ring (bicyclic) bond motifs is 1. The van der Waals surface area contributed by atoms with Crippen LogP contribution in [0.5, 0.6) is 0 Å². The second-order valence-corrected chi connectivity index (χ2v) is 7.45. The molecule has 0 unspecified atom stereocenters. The highest BCUT2D eigenvalue weighted by atomic mass is 32.1. The Morgan fingerprint density at radius 2 is 1.77 bits per heavy atom. The number of rotatable bonds is 4. The van der Waals surface area contributed by atoms with Gasteiger partial charge in [-0.15, -0.1) is 0 Å². The van der Waals surface area contributed by atoms with Gasteiger partial charge in [0.25, 0.3) is 11.8 Å². The molecule has 1 saturated heterocycles. The largest absolute Gasteiger partial charge is 0.481 e. The lowest BCUT2D eigenvalue weighted by molar-refractivity contribution is -0.143. The predicted molar refractivity (Wildman–Crippen MR) is 113 cm³/mol. The van der Waals surface area contributed by atoms with Crippen LogP contribution in [0.4, 0.5) is 0 Å². The van der Waals surface area contributed by atoms with Crippen molar-refractivity contribution in [1.82, 2.24) is 19.0 Å². The molecule has 0 atom stereocenters. The van der Waals surface area contributed by atoms with Crippen LogP contribution in [0.1, 0.15) is 33.6 Å². The number of carbonyl (C=O) groups is 3. The van der Waals surface area contributed by atoms with Gasteiger partial charge in [-0.25, -0.2) is 4.98 Å². The molecule has 0 radical (unpaired) electrons. The lowest BCUT2D eigenvalue weighted by Crippen LogP contribution is -2.40. The normalized spacial score (nSPS) is 14.6. The van der Waals surface area contributed by atoms with Gasteiger partial charge in [-0.2, -0.15) is 0 Å². The van der Waals surface area contributed by atoms with Crippen LogP contribution in [-0.2, 0) is 4.79 Å². The van der Waals surface area contributed by atoms with E-state index in [1.165, 1.54) is 0 Å². The first-order chi connectivity index (χ1) is 14.5. The fourth-order valence-electron chi connectivity index (χ4n) is 3.62. The summed E-state index contributed by atoms with van der Waals surface area (Å²) in [6, 6.07) is 10.5. The van der Waals surface area contributed by atoms with E-state index >= 15 is 0 Å². The summed E-state index contributed by atoms with van der Waals surface area (Å²) in [4.78, 5) is 41.8. The van der Waals surface area contributed by atoms with Gasteiger partial charge < -0.3 is 14.4 Å². The number of aliphatic carboxylic acids is 1. The topological polar surface area (TPSA) is 104 Å². The number of carbonyl (C=O) groups excluding carboxylic acids is 2. The summed E-state index contributed by atoms with van der Waals surface area (Å²) >= 11 is 3.76. The van der Waals surface area contributed by atoms with E-state index in [1.807, 2.05) is 10.6 Å². The molecular weight excluding hydrogens is 404 g/mol. The van der Waals surface area contributed by atoms with Gasteiger partial charge in [0.05, 0.1) is 11.6 Å². The second-order valence-electron chi connectivity index (χ2n) is 7.23. The van der Waals surface area contributed by atoms with E-state index in [1.54, 1.807) is 47.5 Å². The van der Waals surface area contributed by atoms with Crippen LogP contribution in [-0.4, -0.2) is 50.3 Å². The van der Waals surface area contributed by atoms with Crippen LogP contribution >= 0.6 is 12.8 Å². The maximum Gasteiger partial charge on any atom is 0.306 e. The molecule has 2 aromatic heterocycles. The van der Waals surface area contributed by atoms with Gasteiger partial charge in [0.15, 0.2) is 0 Å². The number of nitrogens with one attached hydrogen (secondary N) is 1. The quantitative estimate of drug-likeness (QED) is 0.559. The zero-order valence-corrected chi connectivity index (χ0v) is 16.9. The maximum absolute atomic E-state index is 12.8. The Morgan fingerprint density at radius 3 is 2.40 bits per heavy atom. The summed E-state index contributed by atoms with van der Waals surface area (Å²) < 4.78 is 4.11. The minimum Gasteiger partial charge on any atom is -0.481 e. The summed E-state index contributed by atoms with van der Waals surface area (Å²) in [5, 5.41) is 9.11. The SMILES string of the molecule is O=C(NS)c1ccc(-c2cn3ccc(C(=O)N4CCC(C(=O)O)CC4)cc3n2)cc1. The van der Waals surface area contributed by atoms with Crippen LogP contribution in [0, 0.1) is 5.92 Å². The number of likely N-dealkylation sites (tertiary alicyclic amines) is 1. The molecule has 9 heteroatoms. The van der Waals surface area contributed by atoms with Crippen molar-refractivity contribution < 1.29 is 19.5 Å². The maximum atomic E-state index is 12.8. The molecule has 1 aliphatic heterocycles. The van der Waals surface area contributed by atoms with Crippen LogP contribution in [0.2, 0.25) is 0 Å². The number of benzene rings is 1. The van der Waals surface area contributed by atoms with Gasteiger partial charge in [0.1, 0.15) is 5.65 Å². The number of hydrogen-bond acceptors (Lipinski definition) is 5. The molecule has 154 valence electrons. The minimum absolute atomic E-state index is 0.118. The monoisotopic (exact) mass is 424 g/mol. The molecule has 8 nitrogen and oxygen atoms in total. The van der Waals surface area contributed by atoms with Gasteiger partial charge in [-0.3, -0.25) is 19.1 Å². The fourth-order valence-corrected chi connectivity index (χ4v) is 3.75. The first-order valence-corrected chi connectivity index (χ1v) is 9.96. The Kier molecular flexibility index (Phi) is 5.45. The van der Waals surface area contributed by atoms with Crippen molar-refractivity contribution in [1.29, 1.82) is 0 Å². The third kappa shape index (κ3) is 3.88. The second kappa shape index (κ2) is 8.19. The molecule has 3 heterocycles. The Balaban J connectivity index is 1.53. The molecule has 0 spiro atoms. The minimum atomic E-state index is -0.798. The predicted octanol–water partition coefficient (Wildman–Crippen LogP) is 2.51. The van der Waals surface area contributed by atoms with Crippen LogP contribution in [0.15, 0.2) is 48.8 Å². The number of thiol groups is 1. The molecule has 4 rings (SSSR count). The van der Waals surface area contributed by atoms with Crippen molar-refractivity contribution in [2.45, 2.75) is 12.8 Å². The number of pyridine rings is 1. The first kappa shape index (κ1) is 20.0. The Labute approximate surface area is 178 Å². The average molecular weight is 424 g/mol. The Bertz CT molecular complexity index is 1120. The molecule has 3 aromatic rings. The van der Waals surface area contributed by atoms with Crippen LogP contribution in [0.25, 0.3) is 16.9 Å². The van der Waals surface area contributed by atoms with Crippen molar-refractivity contribution >= 4 is 36.2 Å². The highest BCUT2D eigenvalue weighted by Gasteiger charge is 2.27. The molecular formula is C21H20N4O4S. The standard InChI is InChI=1S/C21H20N4O4S/c26-19(23-30)14-3-1-13(2-4-14)17-12-25-10-7-16(11-18(25)22-17)20(27)24-8-5-15(6-9-24)21(28)29/h1-4,7,10-12,15,30H,5-6,8-9H2,(H,23,26)(H,28,29). The lowest BCUT2D eigenvalue weighted by atomic mass is 9.97. The van der Waals surface area contributed by atoms with Crippen molar-refractivity contribution in [2.75, 3.05) is 13.1 Å². The Morgan fingerprint density at radius 1 is 1.07 bits per heavy atom. The fraction of sp³-hybridized carbons (Fsp3) is 0.238. The van der Waals surface area contributed by atoms with E-state index in [4.69, 9.17) is 5.11 Å². The average Bonchev–Trinajstić information content (AvgIpc) is 3.21. The zero-order chi connectivity index (χ0) is 21.3. The number of carboxylic acid groups (broad SMARTS) is 1. The number of hydrogen-bond donors (Lipinski definition) is 3. The van der Waals surface area contributed by atoms with Gasteiger partial charge >= 0.3 is 5.97 Å². The highest BCUT2D eigenvalue weighted by molar-refractivity contribution is 7.78. The molecule has 0 bridgehead atoms. The lowest BCUT2D eigenvalue weighted by Gasteiger charge is -2.30. The molecule has 1 aliphatic rings. The Hall–Kier alpha value is -3.33. The van der Waals surface area contributed by atoms with E-state index in [9.17, 15) is 14.4 Å². The van der Waals surface area contributed by atoms with Crippen LogP contribution < -0.4 is 4.72 Å². The first-order valence-electron chi connectivity index (χ1n) is 9.52. The molecule has 30 heavy (non-hydrogen) atoms. The number of imidazole rings is 1. The van der Waals surface area contributed by atoms with Gasteiger partial charge in [0.2, 0.25) is 0 Å². The van der Waals surface area contributed by atoms with Gasteiger partial charge in [-0.05, 0) is 37.1 Å². The molecule has 2 N–H and O–H groups in total. The van der Waals surface area contributed by atoms with E-state index in [0.717, 1.165) is 11.3 Å². The zero-order valence-electron chi connectivity index (χ0n) is 16.0. The summed E-state index contributed by atoms with van der Waals surface area (Å²) in [5.74, 6) is -1.58. The summed E-state index contributed by atoms with van der Waals surface area (Å²) in [7, 11) is 0. The molecule has 0 aliphatic carbocycles. The highest BCUT2D eigenvalue weighted by Crippen LogP contribution is 2.22. The van der Waals surface area contributed by atoms with E-state index in [-0.39, 0.29) is 17.7 Å². The van der Waals surface area contributed by atoms with E-state index in [0.29, 0.717) is 42.7 Å². The number of nitrogens with zero attached hydrogens (tertiary/aromatic N) is 3. The molecule has 0 saturated carbocycles. The summed E-state index contributed by atoms with van der Waals surface area (Å²) in [6.45, 7) is 0.875. The third-order valence-electron chi connectivity index (χ3n) is 5.38. The van der Waals surface area contributed by atoms with Crippen LogP contribution in [0.3, 0.4) is 0 Å². The third-order valence-corrected chi connectivity index (χ3v) is 5.59. The molecule has 1 fully saturated rings. The number of carboxylic acids is 1. The smallest absolute Gasteiger partial charge is 0.306 e. The van der Waals surface area contributed by atoms with Crippen molar-refractivity contribution in [2.24, 2.45) is 5.92 Å². The van der Waals surface area contributed by atoms with E-state index in [2.05, 4.69) is 22.5 Å². The van der Waals surface area contributed by atoms with Crippen molar-refractivity contribution in [3.05, 3.63) is 59.9 Å². The summed E-state index contributed by atoms with van der Waals surface area (Å²) in [6.07, 6.45) is 4.58. The molecule has 1 aromatic carbocycles. The van der Waals surface area contributed by atoms with Gasteiger partial charge in [0, 0.05) is 42.2 Å². The van der Waals surface area contributed by atoms with Crippen molar-refractivity contribution in [3.8, 4) is 11.3 Å². The number of aromatic nitrogens is 2. The van der Waals surface area contributed by atoms with Crippen molar-refractivity contribution in [3.63, 3.8) is 0 Å². The molecule has 2 amide bonds. The van der Waals surface area contributed by atoms with E-state index < -0.39 is 5.97 Å². The summed E-state index contributed by atoms with van der Waals surface area (Å²) in [5.41, 5.74) is 3.22. The van der Waals surface area contributed by atoms with Gasteiger partial charge in [-0.1, -0.05) is 24.9 Å².